The monoisotopic (exact) mass is 256 g/mol. The highest BCUT2D eigenvalue weighted by molar-refractivity contribution is 6.03. The van der Waals surface area contributed by atoms with Crippen LogP contribution in [0.25, 0.3) is 5.82 Å². The second kappa shape index (κ2) is 5.95. The third-order valence-corrected chi connectivity index (χ3v) is 2.64. The van der Waals surface area contributed by atoms with Crippen molar-refractivity contribution in [3.63, 3.8) is 0 Å². The van der Waals surface area contributed by atoms with E-state index in [0.29, 0.717) is 11.3 Å². The van der Waals surface area contributed by atoms with E-state index in [-0.39, 0.29) is 5.91 Å². The number of nitrogens with one attached hydrogen (secondary N) is 1. The third kappa shape index (κ3) is 3.28. The predicted molar refractivity (Wildman–Crippen MR) is 74.0 cm³/mol. The van der Waals surface area contributed by atoms with Crippen molar-refractivity contribution in [1.29, 1.82) is 0 Å². The van der Waals surface area contributed by atoms with Crippen LogP contribution in [0.2, 0.25) is 0 Å². The average Bonchev–Trinajstić information content (AvgIpc) is 2.94. The largest absolute Gasteiger partial charge is 0.321 e. The maximum Gasteiger partial charge on any atom is 0.251 e. The van der Waals surface area contributed by atoms with Gasteiger partial charge in [0.1, 0.15) is 12.1 Å². The van der Waals surface area contributed by atoms with Crippen molar-refractivity contribution in [2.45, 2.75) is 20.3 Å². The van der Waals surface area contributed by atoms with Gasteiger partial charge in [-0.25, -0.2) is 9.97 Å². The van der Waals surface area contributed by atoms with Gasteiger partial charge in [0.25, 0.3) is 5.91 Å². The Morgan fingerprint density at radius 3 is 2.89 bits per heavy atom. The van der Waals surface area contributed by atoms with Crippen LogP contribution in [0.5, 0.6) is 0 Å². The molecule has 0 aliphatic rings. The molecule has 0 aliphatic carbocycles. The molecule has 0 radical (unpaired) electrons. The van der Waals surface area contributed by atoms with Crippen molar-refractivity contribution in [2.75, 3.05) is 5.32 Å². The van der Waals surface area contributed by atoms with Gasteiger partial charge in [0.2, 0.25) is 0 Å². The molecule has 98 valence electrons. The molecule has 0 aliphatic heterocycles. The first-order valence-corrected chi connectivity index (χ1v) is 6.13. The van der Waals surface area contributed by atoms with Crippen LogP contribution in [-0.2, 0) is 4.79 Å². The molecular formula is C14H16N4O. The Balaban J connectivity index is 2.07. The standard InChI is InChI=1S/C14H16N4O/c1-3-4-11(2)14(19)17-12-5-6-13(16-9-12)18-8-7-15-10-18/h4-10H,3H2,1-2H3,(H,17,19)/b11-4-. The fraction of sp³-hybridized carbons (Fsp3) is 0.214. The second-order valence-electron chi connectivity index (χ2n) is 4.12. The summed E-state index contributed by atoms with van der Waals surface area (Å²) in [6, 6.07) is 3.65. The van der Waals surface area contributed by atoms with E-state index in [1.54, 1.807) is 30.2 Å². The first-order valence-electron chi connectivity index (χ1n) is 6.13. The molecule has 0 fully saturated rings. The van der Waals surface area contributed by atoms with Gasteiger partial charge in [0.05, 0.1) is 11.9 Å². The maximum atomic E-state index is 11.8. The summed E-state index contributed by atoms with van der Waals surface area (Å²) in [4.78, 5) is 20.0. The first kappa shape index (κ1) is 13.0. The Labute approximate surface area is 112 Å². The van der Waals surface area contributed by atoms with Gasteiger partial charge in [-0.2, -0.15) is 0 Å². The molecule has 0 spiro atoms. The molecule has 0 bridgehead atoms. The van der Waals surface area contributed by atoms with Gasteiger partial charge in [-0.3, -0.25) is 9.36 Å². The number of hydrogen-bond acceptors (Lipinski definition) is 3. The number of rotatable bonds is 4. The lowest BCUT2D eigenvalue weighted by Gasteiger charge is -2.06. The lowest BCUT2D eigenvalue weighted by molar-refractivity contribution is -0.112. The summed E-state index contributed by atoms with van der Waals surface area (Å²) in [5.74, 6) is 0.662. The van der Waals surface area contributed by atoms with Crippen molar-refractivity contribution >= 4 is 11.6 Å². The van der Waals surface area contributed by atoms with E-state index < -0.39 is 0 Å². The summed E-state index contributed by atoms with van der Waals surface area (Å²) in [6.07, 6.45) is 9.55. The number of amides is 1. The minimum atomic E-state index is -0.0981. The molecule has 0 saturated heterocycles. The summed E-state index contributed by atoms with van der Waals surface area (Å²) >= 11 is 0. The van der Waals surface area contributed by atoms with Crippen LogP contribution >= 0.6 is 0 Å². The molecule has 2 heterocycles. The highest BCUT2D eigenvalue weighted by Gasteiger charge is 2.04. The Bertz CT molecular complexity index is 570. The number of anilines is 1. The number of allylic oxidation sites excluding steroid dienone is 1. The zero-order chi connectivity index (χ0) is 13.7. The number of pyridine rings is 1. The lowest BCUT2D eigenvalue weighted by Crippen LogP contribution is -2.12. The van der Waals surface area contributed by atoms with Crippen LogP contribution in [0, 0.1) is 0 Å². The van der Waals surface area contributed by atoms with Crippen LogP contribution in [0.15, 0.2) is 48.7 Å². The minimum Gasteiger partial charge on any atom is -0.321 e. The Morgan fingerprint density at radius 1 is 1.47 bits per heavy atom. The fourth-order valence-electron chi connectivity index (χ4n) is 1.64. The Hall–Kier alpha value is -2.43. The SMILES string of the molecule is CC/C=C(/C)C(=O)Nc1ccc(-n2ccnc2)nc1. The Morgan fingerprint density at radius 2 is 2.32 bits per heavy atom. The Kier molecular flexibility index (Phi) is 4.07. The van der Waals surface area contributed by atoms with E-state index >= 15 is 0 Å². The van der Waals surface area contributed by atoms with E-state index in [1.165, 1.54) is 0 Å². The predicted octanol–water partition coefficient (Wildman–Crippen LogP) is 2.56. The molecule has 2 rings (SSSR count). The molecular weight excluding hydrogens is 240 g/mol. The van der Waals surface area contributed by atoms with Gasteiger partial charge < -0.3 is 5.32 Å². The van der Waals surface area contributed by atoms with Crippen LogP contribution in [0.3, 0.4) is 0 Å². The van der Waals surface area contributed by atoms with Gasteiger partial charge >= 0.3 is 0 Å². The van der Waals surface area contributed by atoms with Gasteiger partial charge in [-0.1, -0.05) is 13.0 Å². The molecule has 0 aromatic carbocycles. The van der Waals surface area contributed by atoms with Crippen LogP contribution in [0.4, 0.5) is 5.69 Å². The molecule has 2 aromatic rings. The average molecular weight is 256 g/mol. The van der Waals surface area contributed by atoms with Crippen LogP contribution < -0.4 is 5.32 Å². The smallest absolute Gasteiger partial charge is 0.251 e. The second-order valence-corrected chi connectivity index (χ2v) is 4.12. The van der Waals surface area contributed by atoms with Gasteiger partial charge in [-0.15, -0.1) is 0 Å². The van der Waals surface area contributed by atoms with Crippen molar-refractivity contribution in [3.8, 4) is 5.82 Å². The number of hydrogen-bond donors (Lipinski definition) is 1. The normalized spacial score (nSPS) is 11.4. The van der Waals surface area contributed by atoms with Gasteiger partial charge in [0.15, 0.2) is 0 Å². The highest BCUT2D eigenvalue weighted by atomic mass is 16.1. The fourth-order valence-corrected chi connectivity index (χ4v) is 1.64. The van der Waals surface area contributed by atoms with Crippen LogP contribution in [0.1, 0.15) is 20.3 Å². The molecule has 5 heteroatoms. The van der Waals surface area contributed by atoms with Crippen molar-refractivity contribution in [3.05, 3.63) is 48.7 Å². The molecule has 0 atom stereocenters. The van der Waals surface area contributed by atoms with Crippen molar-refractivity contribution < 1.29 is 4.79 Å². The van der Waals surface area contributed by atoms with E-state index in [4.69, 9.17) is 0 Å². The number of nitrogens with zero attached hydrogens (tertiary/aromatic N) is 3. The van der Waals surface area contributed by atoms with Crippen LogP contribution in [-0.4, -0.2) is 20.4 Å². The zero-order valence-corrected chi connectivity index (χ0v) is 11.0. The van der Waals surface area contributed by atoms with E-state index in [9.17, 15) is 4.79 Å². The van der Waals surface area contributed by atoms with E-state index in [2.05, 4.69) is 15.3 Å². The van der Waals surface area contributed by atoms with Gasteiger partial charge in [-0.05, 0) is 25.5 Å². The first-order chi connectivity index (χ1) is 9.20. The molecule has 19 heavy (non-hydrogen) atoms. The molecule has 5 nitrogen and oxygen atoms in total. The van der Waals surface area contributed by atoms with E-state index in [0.717, 1.165) is 12.2 Å². The van der Waals surface area contributed by atoms with Crippen molar-refractivity contribution in [1.82, 2.24) is 14.5 Å². The number of aromatic nitrogens is 3. The topological polar surface area (TPSA) is 59.8 Å². The molecule has 0 unspecified atom stereocenters. The van der Waals surface area contributed by atoms with E-state index in [1.807, 2.05) is 31.3 Å². The highest BCUT2D eigenvalue weighted by Crippen LogP contribution is 2.10. The zero-order valence-electron chi connectivity index (χ0n) is 11.0. The lowest BCUT2D eigenvalue weighted by atomic mass is 10.2. The number of carbonyl (C=O) groups excluding carboxylic acids is 1. The quantitative estimate of drug-likeness (QED) is 0.855. The molecule has 2 aromatic heterocycles. The molecule has 1 N–H and O–H groups in total. The summed E-state index contributed by atoms with van der Waals surface area (Å²) in [5.41, 5.74) is 1.39. The molecule has 0 saturated carbocycles. The molecule has 1 amide bonds. The van der Waals surface area contributed by atoms with Crippen molar-refractivity contribution in [2.24, 2.45) is 0 Å². The maximum absolute atomic E-state index is 11.8. The summed E-state index contributed by atoms with van der Waals surface area (Å²) in [6.45, 7) is 3.80. The number of carbonyl (C=O) groups is 1. The van der Waals surface area contributed by atoms with Gasteiger partial charge in [0, 0.05) is 18.0 Å². The summed E-state index contributed by atoms with van der Waals surface area (Å²) in [7, 11) is 0. The summed E-state index contributed by atoms with van der Waals surface area (Å²) in [5, 5.41) is 2.80. The number of imidazole rings is 1. The summed E-state index contributed by atoms with van der Waals surface area (Å²) < 4.78 is 1.80. The third-order valence-electron chi connectivity index (χ3n) is 2.64. The minimum absolute atomic E-state index is 0.0981.